The first-order chi connectivity index (χ1) is 11.5. The van der Waals surface area contributed by atoms with Crippen molar-refractivity contribution in [2.45, 2.75) is 6.92 Å². The maximum Gasteiger partial charge on any atom is 0.286 e. The third-order valence-corrected chi connectivity index (χ3v) is 3.47. The number of rotatable bonds is 6. The van der Waals surface area contributed by atoms with E-state index in [4.69, 9.17) is 21.1 Å². The molecule has 0 aromatic heterocycles. The van der Waals surface area contributed by atoms with Gasteiger partial charge in [0.05, 0.1) is 35.4 Å². The number of nitro groups is 1. The van der Waals surface area contributed by atoms with Crippen LogP contribution in [0.1, 0.15) is 17.3 Å². The summed E-state index contributed by atoms with van der Waals surface area (Å²) in [5.41, 5.74) is -0.184. The highest BCUT2D eigenvalue weighted by atomic mass is 35.5. The number of amides is 1. The maximum atomic E-state index is 12.5. The Balaban J connectivity index is 2.46. The highest BCUT2D eigenvalue weighted by Gasteiger charge is 2.25. The molecule has 1 N–H and O–H groups in total. The molecule has 2 rings (SSSR count). The molecular formula is C16H15ClN2O5. The molecule has 0 atom stereocenters. The smallest absolute Gasteiger partial charge is 0.286 e. The first-order valence-corrected chi connectivity index (χ1v) is 7.40. The number of nitrogens with zero attached hydrogens (tertiary/aromatic N) is 1. The summed E-state index contributed by atoms with van der Waals surface area (Å²) in [6.07, 6.45) is 0. The number of nitro benzene ring substituents is 1. The van der Waals surface area contributed by atoms with Gasteiger partial charge in [0.1, 0.15) is 5.56 Å². The van der Waals surface area contributed by atoms with Crippen molar-refractivity contribution in [2.75, 3.05) is 19.0 Å². The summed E-state index contributed by atoms with van der Waals surface area (Å²) in [7, 11) is 1.37. The molecule has 8 heteroatoms. The van der Waals surface area contributed by atoms with Crippen molar-refractivity contribution < 1.29 is 19.2 Å². The van der Waals surface area contributed by atoms with E-state index in [1.807, 2.05) is 0 Å². The number of halogens is 1. The van der Waals surface area contributed by atoms with Gasteiger partial charge in [-0.2, -0.15) is 0 Å². The number of benzene rings is 2. The fraction of sp³-hybridized carbons (Fsp3) is 0.188. The molecular weight excluding hydrogens is 336 g/mol. The number of anilines is 1. The number of ether oxygens (including phenoxy) is 2. The second-order valence-electron chi connectivity index (χ2n) is 4.64. The van der Waals surface area contributed by atoms with Gasteiger partial charge >= 0.3 is 0 Å². The van der Waals surface area contributed by atoms with Crippen molar-refractivity contribution in [3.8, 4) is 11.5 Å². The minimum absolute atomic E-state index is 0.149. The largest absolute Gasteiger partial charge is 0.493 e. The molecule has 126 valence electrons. The molecule has 0 aliphatic heterocycles. The van der Waals surface area contributed by atoms with Crippen LogP contribution in [0.5, 0.6) is 11.5 Å². The molecule has 2 aromatic carbocycles. The molecule has 0 aliphatic rings. The molecule has 2 aromatic rings. The van der Waals surface area contributed by atoms with Gasteiger partial charge < -0.3 is 14.8 Å². The molecule has 0 bridgehead atoms. The lowest BCUT2D eigenvalue weighted by Crippen LogP contribution is -2.15. The van der Waals surface area contributed by atoms with Crippen LogP contribution in [0.25, 0.3) is 0 Å². The molecule has 0 heterocycles. The van der Waals surface area contributed by atoms with Crippen molar-refractivity contribution in [1.82, 2.24) is 0 Å². The molecule has 1 amide bonds. The Labute approximate surface area is 143 Å². The van der Waals surface area contributed by atoms with Crippen LogP contribution in [-0.2, 0) is 0 Å². The zero-order valence-corrected chi connectivity index (χ0v) is 13.8. The zero-order valence-electron chi connectivity index (χ0n) is 13.0. The fourth-order valence-corrected chi connectivity index (χ4v) is 2.25. The number of methoxy groups -OCH3 is 1. The Morgan fingerprint density at radius 3 is 2.58 bits per heavy atom. The molecule has 0 fully saturated rings. The average molecular weight is 351 g/mol. The summed E-state index contributed by atoms with van der Waals surface area (Å²) in [4.78, 5) is 23.1. The Kier molecular flexibility index (Phi) is 5.59. The molecule has 24 heavy (non-hydrogen) atoms. The van der Waals surface area contributed by atoms with Crippen LogP contribution in [0.3, 0.4) is 0 Å². The Hall–Kier alpha value is -2.80. The van der Waals surface area contributed by atoms with E-state index in [-0.39, 0.29) is 22.7 Å². The third kappa shape index (κ3) is 3.75. The van der Waals surface area contributed by atoms with Gasteiger partial charge in [0.25, 0.3) is 11.6 Å². The van der Waals surface area contributed by atoms with Crippen molar-refractivity contribution in [3.05, 3.63) is 57.1 Å². The minimum Gasteiger partial charge on any atom is -0.493 e. The molecule has 7 nitrogen and oxygen atoms in total. The summed E-state index contributed by atoms with van der Waals surface area (Å²) in [5, 5.41) is 14.2. The van der Waals surface area contributed by atoms with Crippen LogP contribution in [0.2, 0.25) is 5.02 Å². The predicted molar refractivity (Wildman–Crippen MR) is 90.2 cm³/mol. The lowest BCUT2D eigenvalue weighted by Gasteiger charge is -2.12. The fourth-order valence-electron chi connectivity index (χ4n) is 2.06. The van der Waals surface area contributed by atoms with Gasteiger partial charge in [0.15, 0.2) is 11.5 Å². The highest BCUT2D eigenvalue weighted by molar-refractivity contribution is 6.34. The van der Waals surface area contributed by atoms with Crippen molar-refractivity contribution in [1.29, 1.82) is 0 Å². The average Bonchev–Trinajstić information content (AvgIpc) is 2.56. The lowest BCUT2D eigenvalue weighted by atomic mass is 10.1. The first-order valence-electron chi connectivity index (χ1n) is 7.03. The number of nitrogens with one attached hydrogen (secondary N) is 1. The number of para-hydroxylation sites is 1. The standard InChI is InChI=1S/C16H15ClN2O5/c1-3-24-15-8-10(13(19(21)22)9-14(15)23-2)16(20)18-12-7-5-4-6-11(12)17/h4-9H,3H2,1-2H3,(H,18,20). The second kappa shape index (κ2) is 7.65. The molecule has 0 saturated heterocycles. The second-order valence-corrected chi connectivity index (χ2v) is 5.05. The van der Waals surface area contributed by atoms with E-state index in [0.29, 0.717) is 17.3 Å². The SMILES string of the molecule is CCOc1cc(C(=O)Nc2ccccc2Cl)c([N+](=O)[O-])cc1OC. The number of carbonyl (C=O) groups is 1. The minimum atomic E-state index is -0.668. The van der Waals surface area contributed by atoms with Crippen LogP contribution in [0.15, 0.2) is 36.4 Å². The normalized spacial score (nSPS) is 10.1. The van der Waals surface area contributed by atoms with E-state index in [9.17, 15) is 14.9 Å². The summed E-state index contributed by atoms with van der Waals surface area (Å²) >= 11 is 5.99. The van der Waals surface area contributed by atoms with Gasteiger partial charge in [0, 0.05) is 6.07 Å². The van der Waals surface area contributed by atoms with Crippen molar-refractivity contribution in [3.63, 3.8) is 0 Å². The van der Waals surface area contributed by atoms with Gasteiger partial charge in [-0.3, -0.25) is 14.9 Å². The number of hydrogen-bond donors (Lipinski definition) is 1. The van der Waals surface area contributed by atoms with E-state index < -0.39 is 10.8 Å². The molecule has 0 radical (unpaired) electrons. The molecule has 0 unspecified atom stereocenters. The van der Waals surface area contributed by atoms with E-state index in [0.717, 1.165) is 6.07 Å². The predicted octanol–water partition coefficient (Wildman–Crippen LogP) is 3.91. The van der Waals surface area contributed by atoms with E-state index in [1.54, 1.807) is 31.2 Å². The van der Waals surface area contributed by atoms with Crippen molar-refractivity contribution >= 4 is 28.9 Å². The summed E-state index contributed by atoms with van der Waals surface area (Å²) in [6, 6.07) is 9.04. The summed E-state index contributed by atoms with van der Waals surface area (Å²) in [5.74, 6) is -0.244. The summed E-state index contributed by atoms with van der Waals surface area (Å²) < 4.78 is 10.5. The van der Waals surface area contributed by atoms with Crippen LogP contribution in [0.4, 0.5) is 11.4 Å². The zero-order chi connectivity index (χ0) is 17.7. The Morgan fingerprint density at radius 1 is 1.29 bits per heavy atom. The quantitative estimate of drug-likeness (QED) is 0.630. The van der Waals surface area contributed by atoms with Gasteiger partial charge in [-0.1, -0.05) is 23.7 Å². The highest BCUT2D eigenvalue weighted by Crippen LogP contribution is 2.35. The first kappa shape index (κ1) is 17.6. The van der Waals surface area contributed by atoms with Crippen LogP contribution in [0, 0.1) is 10.1 Å². The monoisotopic (exact) mass is 350 g/mol. The van der Waals surface area contributed by atoms with Crippen LogP contribution < -0.4 is 14.8 Å². The number of carbonyl (C=O) groups excluding carboxylic acids is 1. The Morgan fingerprint density at radius 2 is 2.00 bits per heavy atom. The third-order valence-electron chi connectivity index (χ3n) is 3.15. The van der Waals surface area contributed by atoms with Crippen LogP contribution in [-0.4, -0.2) is 24.5 Å². The van der Waals surface area contributed by atoms with Gasteiger partial charge in [-0.15, -0.1) is 0 Å². The van der Waals surface area contributed by atoms with Gasteiger partial charge in [-0.05, 0) is 19.1 Å². The Bertz CT molecular complexity index is 779. The van der Waals surface area contributed by atoms with Gasteiger partial charge in [-0.25, -0.2) is 0 Å². The number of hydrogen-bond acceptors (Lipinski definition) is 5. The van der Waals surface area contributed by atoms with Gasteiger partial charge in [0.2, 0.25) is 0 Å². The molecule has 0 aliphatic carbocycles. The van der Waals surface area contributed by atoms with Crippen LogP contribution >= 0.6 is 11.6 Å². The maximum absolute atomic E-state index is 12.5. The summed E-state index contributed by atoms with van der Waals surface area (Å²) in [6.45, 7) is 2.07. The van der Waals surface area contributed by atoms with E-state index in [2.05, 4.69) is 5.32 Å². The molecule has 0 spiro atoms. The van der Waals surface area contributed by atoms with E-state index in [1.165, 1.54) is 13.2 Å². The van der Waals surface area contributed by atoms with Crippen molar-refractivity contribution in [2.24, 2.45) is 0 Å². The topological polar surface area (TPSA) is 90.7 Å². The lowest BCUT2D eigenvalue weighted by molar-refractivity contribution is -0.385. The van der Waals surface area contributed by atoms with E-state index >= 15 is 0 Å². The molecule has 0 saturated carbocycles.